The lowest BCUT2D eigenvalue weighted by Gasteiger charge is -2.35. The van der Waals surface area contributed by atoms with E-state index in [4.69, 9.17) is 5.73 Å². The Kier molecular flexibility index (Phi) is 4.86. The van der Waals surface area contributed by atoms with E-state index in [1.807, 2.05) is 29.4 Å². The van der Waals surface area contributed by atoms with Gasteiger partial charge < -0.3 is 10.6 Å². The van der Waals surface area contributed by atoms with Gasteiger partial charge in [-0.25, -0.2) is 0 Å². The number of anilines is 1. The highest BCUT2D eigenvalue weighted by Gasteiger charge is 2.41. The van der Waals surface area contributed by atoms with E-state index < -0.39 is 12.1 Å². The highest BCUT2D eigenvalue weighted by atomic mass is 32.2. The molecule has 0 radical (unpaired) electrons. The van der Waals surface area contributed by atoms with Gasteiger partial charge in [0.1, 0.15) is 0 Å². The van der Waals surface area contributed by atoms with Crippen molar-refractivity contribution in [2.75, 3.05) is 24.2 Å². The zero-order chi connectivity index (χ0) is 14.8. The first-order valence-electron chi connectivity index (χ1n) is 6.65. The Bertz CT molecular complexity index is 454. The quantitative estimate of drug-likeness (QED) is 0.864. The van der Waals surface area contributed by atoms with Gasteiger partial charge in [0.05, 0.1) is 5.92 Å². The summed E-state index contributed by atoms with van der Waals surface area (Å²) in [7, 11) is 0. The van der Waals surface area contributed by atoms with E-state index in [1.54, 1.807) is 11.8 Å². The van der Waals surface area contributed by atoms with Crippen LogP contribution < -0.4 is 10.6 Å². The second-order valence-electron chi connectivity index (χ2n) is 4.97. The van der Waals surface area contributed by atoms with Crippen LogP contribution in [-0.4, -0.2) is 25.5 Å². The van der Waals surface area contributed by atoms with Crippen LogP contribution in [0.3, 0.4) is 0 Å². The maximum atomic E-state index is 12.7. The molecule has 112 valence electrons. The van der Waals surface area contributed by atoms with Gasteiger partial charge in [-0.15, -0.1) is 11.8 Å². The molecule has 2 rings (SSSR count). The first kappa shape index (κ1) is 15.5. The monoisotopic (exact) mass is 304 g/mol. The predicted octanol–water partition coefficient (Wildman–Crippen LogP) is 3.65. The largest absolute Gasteiger partial charge is 0.391 e. The molecule has 0 saturated carbocycles. The highest BCUT2D eigenvalue weighted by Crippen LogP contribution is 2.37. The van der Waals surface area contributed by atoms with E-state index in [2.05, 4.69) is 0 Å². The van der Waals surface area contributed by atoms with E-state index in [0.717, 1.165) is 16.1 Å². The molecule has 1 aromatic carbocycles. The number of nitrogens with two attached hydrogens (primary N) is 1. The van der Waals surface area contributed by atoms with Crippen molar-refractivity contribution in [3.63, 3.8) is 0 Å². The molecule has 0 bridgehead atoms. The van der Waals surface area contributed by atoms with Crippen molar-refractivity contribution in [1.82, 2.24) is 0 Å². The fourth-order valence-electron chi connectivity index (χ4n) is 2.69. The summed E-state index contributed by atoms with van der Waals surface area (Å²) in [6.07, 6.45) is -1.76. The molecular formula is C14H19F3N2S. The zero-order valence-electron chi connectivity index (χ0n) is 11.4. The summed E-state index contributed by atoms with van der Waals surface area (Å²) in [6.45, 7) is 1.29. The van der Waals surface area contributed by atoms with Crippen molar-refractivity contribution in [3.05, 3.63) is 23.8 Å². The Morgan fingerprint density at radius 1 is 1.30 bits per heavy atom. The fraction of sp³-hybridized carbons (Fsp3) is 0.571. The number of hydrogen-bond donors (Lipinski definition) is 1. The standard InChI is InChI=1S/C14H19F3N2S/c1-20-13-4-2-3-12(11(13)9-18)19-7-5-10(6-8-19)14(15,16)17/h2-4,10H,5-9,18H2,1H3. The van der Waals surface area contributed by atoms with Gasteiger partial charge in [0.25, 0.3) is 0 Å². The molecule has 1 saturated heterocycles. The number of rotatable bonds is 3. The minimum Gasteiger partial charge on any atom is -0.371 e. The third kappa shape index (κ3) is 3.23. The summed E-state index contributed by atoms with van der Waals surface area (Å²) >= 11 is 1.62. The van der Waals surface area contributed by atoms with Crippen LogP contribution in [0.25, 0.3) is 0 Å². The van der Waals surface area contributed by atoms with Crippen LogP contribution in [-0.2, 0) is 6.54 Å². The summed E-state index contributed by atoms with van der Waals surface area (Å²) in [5.41, 5.74) is 7.83. The molecule has 0 aliphatic carbocycles. The van der Waals surface area contributed by atoms with E-state index in [9.17, 15) is 13.2 Å². The van der Waals surface area contributed by atoms with E-state index in [1.165, 1.54) is 0 Å². The van der Waals surface area contributed by atoms with Crippen LogP contribution in [0, 0.1) is 5.92 Å². The third-order valence-corrected chi connectivity index (χ3v) is 4.65. The number of nitrogens with zero attached hydrogens (tertiary/aromatic N) is 1. The fourth-order valence-corrected chi connectivity index (χ4v) is 3.34. The van der Waals surface area contributed by atoms with Crippen molar-refractivity contribution in [2.45, 2.75) is 30.5 Å². The second-order valence-corrected chi connectivity index (χ2v) is 5.81. The van der Waals surface area contributed by atoms with Crippen molar-refractivity contribution in [1.29, 1.82) is 0 Å². The van der Waals surface area contributed by atoms with Crippen LogP contribution in [0.2, 0.25) is 0 Å². The molecular weight excluding hydrogens is 285 g/mol. The van der Waals surface area contributed by atoms with Crippen LogP contribution in [0.4, 0.5) is 18.9 Å². The Hall–Kier alpha value is -0.880. The maximum absolute atomic E-state index is 12.7. The first-order valence-corrected chi connectivity index (χ1v) is 7.87. The van der Waals surface area contributed by atoms with Gasteiger partial charge >= 0.3 is 6.18 Å². The molecule has 0 amide bonds. The van der Waals surface area contributed by atoms with Gasteiger partial charge in [0.15, 0.2) is 0 Å². The summed E-state index contributed by atoms with van der Waals surface area (Å²) in [4.78, 5) is 3.13. The van der Waals surface area contributed by atoms with Crippen molar-refractivity contribution in [2.24, 2.45) is 11.7 Å². The predicted molar refractivity (Wildman–Crippen MR) is 77.1 cm³/mol. The minimum absolute atomic E-state index is 0.164. The Morgan fingerprint density at radius 3 is 2.45 bits per heavy atom. The highest BCUT2D eigenvalue weighted by molar-refractivity contribution is 7.98. The zero-order valence-corrected chi connectivity index (χ0v) is 12.2. The van der Waals surface area contributed by atoms with Crippen LogP contribution in [0.5, 0.6) is 0 Å². The van der Waals surface area contributed by atoms with Gasteiger partial charge in [-0.3, -0.25) is 0 Å². The number of alkyl halides is 3. The summed E-state index contributed by atoms with van der Waals surface area (Å²) in [5.74, 6) is -1.16. The number of benzene rings is 1. The number of thioether (sulfide) groups is 1. The molecule has 2 N–H and O–H groups in total. The van der Waals surface area contributed by atoms with Gasteiger partial charge in [0.2, 0.25) is 0 Å². The molecule has 0 atom stereocenters. The number of piperidine rings is 1. The molecule has 1 aromatic rings. The SMILES string of the molecule is CSc1cccc(N2CCC(C(F)(F)F)CC2)c1CN. The molecule has 6 heteroatoms. The summed E-state index contributed by atoms with van der Waals surface area (Å²) < 4.78 is 38.1. The molecule has 1 aliphatic rings. The molecule has 1 heterocycles. The van der Waals surface area contributed by atoms with Gasteiger partial charge in [-0.1, -0.05) is 6.07 Å². The number of hydrogen-bond acceptors (Lipinski definition) is 3. The molecule has 1 fully saturated rings. The van der Waals surface area contributed by atoms with E-state index >= 15 is 0 Å². The maximum Gasteiger partial charge on any atom is 0.391 e. The average molecular weight is 304 g/mol. The molecule has 0 unspecified atom stereocenters. The average Bonchev–Trinajstić information content (AvgIpc) is 2.45. The van der Waals surface area contributed by atoms with Crippen molar-refractivity contribution in [3.8, 4) is 0 Å². The summed E-state index contributed by atoms with van der Waals surface area (Å²) in [6, 6.07) is 5.89. The van der Waals surface area contributed by atoms with Gasteiger partial charge in [-0.2, -0.15) is 13.2 Å². The Labute approximate surface area is 121 Å². The van der Waals surface area contributed by atoms with Crippen LogP contribution >= 0.6 is 11.8 Å². The smallest absolute Gasteiger partial charge is 0.371 e. The second kappa shape index (κ2) is 6.26. The van der Waals surface area contributed by atoms with Crippen molar-refractivity contribution >= 4 is 17.4 Å². The Balaban J connectivity index is 2.15. The molecule has 0 aromatic heterocycles. The van der Waals surface area contributed by atoms with Crippen molar-refractivity contribution < 1.29 is 13.2 Å². The summed E-state index contributed by atoms with van der Waals surface area (Å²) in [5, 5.41) is 0. The van der Waals surface area contributed by atoms with E-state index in [0.29, 0.717) is 19.6 Å². The minimum atomic E-state index is -4.07. The van der Waals surface area contributed by atoms with Gasteiger partial charge in [0, 0.05) is 35.8 Å². The lowest BCUT2D eigenvalue weighted by atomic mass is 9.95. The molecule has 0 spiro atoms. The third-order valence-electron chi connectivity index (χ3n) is 3.83. The normalized spacial score (nSPS) is 17.6. The molecule has 2 nitrogen and oxygen atoms in total. The first-order chi connectivity index (χ1) is 9.47. The topological polar surface area (TPSA) is 29.3 Å². The van der Waals surface area contributed by atoms with Crippen LogP contribution in [0.1, 0.15) is 18.4 Å². The van der Waals surface area contributed by atoms with E-state index in [-0.39, 0.29) is 12.8 Å². The van der Waals surface area contributed by atoms with Crippen LogP contribution in [0.15, 0.2) is 23.1 Å². The lowest BCUT2D eigenvalue weighted by Crippen LogP contribution is -2.39. The lowest BCUT2D eigenvalue weighted by molar-refractivity contribution is -0.179. The molecule has 20 heavy (non-hydrogen) atoms. The Morgan fingerprint density at radius 2 is 1.95 bits per heavy atom. The molecule has 1 aliphatic heterocycles. The van der Waals surface area contributed by atoms with Gasteiger partial charge in [-0.05, 0) is 31.2 Å². The number of halogens is 3.